The number of ether oxygens (including phenoxy) is 2. The van der Waals surface area contributed by atoms with E-state index in [0.29, 0.717) is 29.5 Å². The number of fused-ring (bicyclic) bond motifs is 1. The molecule has 28 heavy (non-hydrogen) atoms. The molecular weight excluding hydrogens is 356 g/mol. The maximum atomic E-state index is 12.6. The van der Waals surface area contributed by atoms with Crippen molar-refractivity contribution in [1.29, 1.82) is 0 Å². The lowest BCUT2D eigenvalue weighted by Crippen LogP contribution is -2.43. The highest BCUT2D eigenvalue weighted by molar-refractivity contribution is 6.05. The van der Waals surface area contributed by atoms with Gasteiger partial charge in [0.2, 0.25) is 5.91 Å². The van der Waals surface area contributed by atoms with E-state index in [1.807, 2.05) is 37.3 Å². The summed E-state index contributed by atoms with van der Waals surface area (Å²) >= 11 is 0. The molecule has 148 valence electrons. The number of nitrogens with zero attached hydrogens (tertiary/aromatic N) is 1. The monoisotopic (exact) mass is 382 g/mol. The molecule has 0 aliphatic carbocycles. The van der Waals surface area contributed by atoms with Gasteiger partial charge in [0.1, 0.15) is 18.0 Å². The predicted molar refractivity (Wildman–Crippen MR) is 109 cm³/mol. The summed E-state index contributed by atoms with van der Waals surface area (Å²) in [6.07, 6.45) is 0. The van der Waals surface area contributed by atoms with Crippen LogP contribution in [0, 0.1) is 0 Å². The molecule has 0 atom stereocenters. The number of hydrogen-bond acceptors (Lipinski definition) is 4. The van der Waals surface area contributed by atoms with Crippen LogP contribution in [0.2, 0.25) is 0 Å². The highest BCUT2D eigenvalue weighted by Crippen LogP contribution is 2.36. The number of benzene rings is 2. The first kappa shape index (κ1) is 19.7. The third-order valence-electron chi connectivity index (χ3n) is 4.53. The van der Waals surface area contributed by atoms with Crippen molar-refractivity contribution in [2.24, 2.45) is 0 Å². The third kappa shape index (κ3) is 4.27. The fourth-order valence-electron chi connectivity index (χ4n) is 3.03. The Labute approximate surface area is 165 Å². The van der Waals surface area contributed by atoms with E-state index in [1.165, 1.54) is 4.90 Å². The first-order valence-electron chi connectivity index (χ1n) is 9.39. The molecule has 2 amide bonds. The van der Waals surface area contributed by atoms with Gasteiger partial charge in [0.25, 0.3) is 5.91 Å². The lowest BCUT2D eigenvalue weighted by molar-refractivity contribution is -0.123. The molecule has 2 aromatic rings. The van der Waals surface area contributed by atoms with Gasteiger partial charge in [-0.15, -0.1) is 0 Å². The molecule has 1 aliphatic heterocycles. The summed E-state index contributed by atoms with van der Waals surface area (Å²) in [7, 11) is 0. The topological polar surface area (TPSA) is 67.9 Å². The number of para-hydroxylation sites is 2. The van der Waals surface area contributed by atoms with Crippen LogP contribution >= 0.6 is 0 Å². The van der Waals surface area contributed by atoms with Gasteiger partial charge in [0, 0.05) is 0 Å². The lowest BCUT2D eigenvalue weighted by atomic mass is 9.86. The zero-order chi connectivity index (χ0) is 20.3. The summed E-state index contributed by atoms with van der Waals surface area (Å²) in [5.41, 5.74) is 2.26. The number of carbonyl (C=O) groups is 2. The third-order valence-corrected chi connectivity index (χ3v) is 4.53. The smallest absolute Gasteiger partial charge is 0.265 e. The van der Waals surface area contributed by atoms with Crippen molar-refractivity contribution in [2.45, 2.75) is 33.1 Å². The summed E-state index contributed by atoms with van der Waals surface area (Å²) in [5, 5.41) is 2.83. The molecule has 0 spiro atoms. The molecule has 6 nitrogen and oxygen atoms in total. The van der Waals surface area contributed by atoms with Crippen molar-refractivity contribution in [1.82, 2.24) is 0 Å². The molecule has 0 fully saturated rings. The Morgan fingerprint density at radius 3 is 2.68 bits per heavy atom. The molecule has 2 aromatic carbocycles. The van der Waals surface area contributed by atoms with Crippen LogP contribution < -0.4 is 19.7 Å². The van der Waals surface area contributed by atoms with E-state index in [2.05, 4.69) is 26.1 Å². The standard InChI is InChI=1S/C22H26N2O4/c1-5-27-18-9-7-6-8-16(18)23-20(25)13-24-17-11-10-15(22(2,3)4)12-19(17)28-14-21(24)26/h6-12H,5,13-14H2,1-4H3,(H,23,25). The fourth-order valence-corrected chi connectivity index (χ4v) is 3.03. The van der Waals surface area contributed by atoms with Crippen LogP contribution in [0.1, 0.15) is 33.3 Å². The zero-order valence-corrected chi connectivity index (χ0v) is 16.7. The quantitative estimate of drug-likeness (QED) is 0.855. The lowest BCUT2D eigenvalue weighted by Gasteiger charge is -2.30. The first-order chi connectivity index (χ1) is 13.3. The van der Waals surface area contributed by atoms with Gasteiger partial charge in [-0.1, -0.05) is 39.0 Å². The Balaban J connectivity index is 1.79. The normalized spacial score (nSPS) is 13.6. The van der Waals surface area contributed by atoms with E-state index in [1.54, 1.807) is 12.1 Å². The van der Waals surface area contributed by atoms with Crippen molar-refractivity contribution < 1.29 is 19.1 Å². The molecule has 0 bridgehead atoms. The second-order valence-electron chi connectivity index (χ2n) is 7.68. The Bertz CT molecular complexity index is 886. The molecule has 0 saturated heterocycles. The Morgan fingerprint density at radius 1 is 1.21 bits per heavy atom. The second-order valence-corrected chi connectivity index (χ2v) is 7.68. The highest BCUT2D eigenvalue weighted by Gasteiger charge is 2.29. The molecule has 0 radical (unpaired) electrons. The van der Waals surface area contributed by atoms with Crippen molar-refractivity contribution in [2.75, 3.05) is 30.0 Å². The number of rotatable bonds is 5. The molecule has 1 aliphatic rings. The Morgan fingerprint density at radius 2 is 1.96 bits per heavy atom. The minimum absolute atomic E-state index is 0.0367. The van der Waals surface area contributed by atoms with Crippen molar-refractivity contribution in [3.8, 4) is 11.5 Å². The van der Waals surface area contributed by atoms with Gasteiger partial charge >= 0.3 is 0 Å². The van der Waals surface area contributed by atoms with Gasteiger partial charge in [0.15, 0.2) is 6.61 Å². The van der Waals surface area contributed by atoms with E-state index in [-0.39, 0.29) is 30.4 Å². The highest BCUT2D eigenvalue weighted by atomic mass is 16.5. The van der Waals surface area contributed by atoms with Gasteiger partial charge in [-0.05, 0) is 42.2 Å². The SMILES string of the molecule is CCOc1ccccc1NC(=O)CN1C(=O)COc2cc(C(C)(C)C)ccc21. The average Bonchev–Trinajstić information content (AvgIpc) is 2.65. The van der Waals surface area contributed by atoms with Crippen molar-refractivity contribution in [3.63, 3.8) is 0 Å². The van der Waals surface area contributed by atoms with E-state index >= 15 is 0 Å². The number of nitrogens with one attached hydrogen (secondary N) is 1. The van der Waals surface area contributed by atoms with E-state index in [9.17, 15) is 9.59 Å². The van der Waals surface area contributed by atoms with Gasteiger partial charge in [-0.3, -0.25) is 14.5 Å². The molecular formula is C22H26N2O4. The van der Waals surface area contributed by atoms with Crippen molar-refractivity contribution >= 4 is 23.2 Å². The van der Waals surface area contributed by atoms with Gasteiger partial charge in [-0.25, -0.2) is 0 Å². The van der Waals surface area contributed by atoms with Crippen LogP contribution in [-0.2, 0) is 15.0 Å². The van der Waals surface area contributed by atoms with E-state index < -0.39 is 0 Å². The maximum Gasteiger partial charge on any atom is 0.265 e. The first-order valence-corrected chi connectivity index (χ1v) is 9.39. The van der Waals surface area contributed by atoms with E-state index in [4.69, 9.17) is 9.47 Å². The van der Waals surface area contributed by atoms with Crippen molar-refractivity contribution in [3.05, 3.63) is 48.0 Å². The Hall–Kier alpha value is -3.02. The summed E-state index contributed by atoms with van der Waals surface area (Å²) < 4.78 is 11.1. The molecule has 0 saturated carbocycles. The van der Waals surface area contributed by atoms with Crippen LogP contribution in [0.3, 0.4) is 0 Å². The second kappa shape index (κ2) is 7.92. The van der Waals surface area contributed by atoms with Crippen LogP contribution in [0.15, 0.2) is 42.5 Å². The number of anilines is 2. The zero-order valence-electron chi connectivity index (χ0n) is 16.7. The minimum Gasteiger partial charge on any atom is -0.492 e. The average molecular weight is 382 g/mol. The van der Waals surface area contributed by atoms with Crippen LogP contribution in [-0.4, -0.2) is 31.6 Å². The molecule has 0 unspecified atom stereocenters. The van der Waals surface area contributed by atoms with Crippen LogP contribution in [0.25, 0.3) is 0 Å². The van der Waals surface area contributed by atoms with Gasteiger partial charge < -0.3 is 14.8 Å². The molecule has 1 heterocycles. The largest absolute Gasteiger partial charge is 0.492 e. The van der Waals surface area contributed by atoms with Crippen LogP contribution in [0.4, 0.5) is 11.4 Å². The summed E-state index contributed by atoms with van der Waals surface area (Å²) in [4.78, 5) is 26.5. The van der Waals surface area contributed by atoms with Gasteiger partial charge in [0.05, 0.1) is 18.0 Å². The summed E-state index contributed by atoms with van der Waals surface area (Å²) in [5.74, 6) is 0.675. The fraction of sp³-hybridized carbons (Fsp3) is 0.364. The summed E-state index contributed by atoms with van der Waals surface area (Å²) in [6, 6.07) is 13.0. The molecule has 1 N–H and O–H groups in total. The van der Waals surface area contributed by atoms with Crippen LogP contribution in [0.5, 0.6) is 11.5 Å². The minimum atomic E-state index is -0.298. The number of amides is 2. The van der Waals surface area contributed by atoms with E-state index in [0.717, 1.165) is 5.56 Å². The maximum absolute atomic E-state index is 12.6. The Kier molecular flexibility index (Phi) is 5.58. The summed E-state index contributed by atoms with van der Waals surface area (Å²) in [6.45, 7) is 8.55. The molecule has 0 aromatic heterocycles. The molecule has 3 rings (SSSR count). The predicted octanol–water partition coefficient (Wildman–Crippen LogP) is 3.75. The molecule has 6 heteroatoms. The van der Waals surface area contributed by atoms with Gasteiger partial charge in [-0.2, -0.15) is 0 Å². The number of hydrogen-bond donors (Lipinski definition) is 1. The number of carbonyl (C=O) groups excluding carboxylic acids is 2.